The Kier molecular flexibility index (Phi) is 5.77. The molecule has 142 valence electrons. The molecule has 1 heterocycles. The lowest BCUT2D eigenvalue weighted by Crippen LogP contribution is -2.40. The highest BCUT2D eigenvalue weighted by molar-refractivity contribution is 7.86. The maximum atomic E-state index is 12.1. The Morgan fingerprint density at radius 3 is 2.46 bits per heavy atom. The van der Waals surface area contributed by atoms with E-state index in [4.69, 9.17) is 8.92 Å². The number of carbonyl (C=O) groups excluding carboxylic acids is 1. The monoisotopic (exact) mass is 388 g/mol. The molecule has 0 aliphatic carbocycles. The minimum absolute atomic E-state index is 0.119. The number of likely N-dealkylation sites (tertiary alicyclic amines) is 1. The van der Waals surface area contributed by atoms with Gasteiger partial charge in [-0.3, -0.25) is 19.2 Å². The second-order valence-corrected chi connectivity index (χ2v) is 7.24. The van der Waals surface area contributed by atoms with Gasteiger partial charge in [0.15, 0.2) is 0 Å². The Morgan fingerprint density at radius 2 is 1.96 bits per heavy atom. The molecule has 1 aromatic carbocycles. The normalized spacial score (nSPS) is 20.0. The summed E-state index contributed by atoms with van der Waals surface area (Å²) in [5.74, 6) is -1.31. The molecule has 26 heavy (non-hydrogen) atoms. The van der Waals surface area contributed by atoms with E-state index in [0.29, 0.717) is 5.56 Å². The minimum atomic E-state index is -3.80. The zero-order valence-electron chi connectivity index (χ0n) is 13.6. The van der Waals surface area contributed by atoms with E-state index in [1.54, 1.807) is 0 Å². The summed E-state index contributed by atoms with van der Waals surface area (Å²) >= 11 is 0. The van der Waals surface area contributed by atoms with Crippen LogP contribution in [0.5, 0.6) is 0 Å². The topological polar surface area (TPSA) is 153 Å². The van der Waals surface area contributed by atoms with Gasteiger partial charge in [-0.25, -0.2) is 9.59 Å². The third-order valence-electron chi connectivity index (χ3n) is 3.60. The van der Waals surface area contributed by atoms with E-state index >= 15 is 0 Å². The summed E-state index contributed by atoms with van der Waals surface area (Å²) in [6, 6.07) is 4.02. The molecule has 2 rings (SSSR count). The first-order chi connectivity index (χ1) is 12.1. The predicted molar refractivity (Wildman–Crippen MR) is 85.7 cm³/mol. The van der Waals surface area contributed by atoms with Gasteiger partial charge in [-0.2, -0.15) is 8.42 Å². The third kappa shape index (κ3) is 5.13. The largest absolute Gasteiger partial charge is 0.480 e. The summed E-state index contributed by atoms with van der Waals surface area (Å²) < 4.78 is 32.1. The van der Waals surface area contributed by atoms with Crippen molar-refractivity contribution in [1.82, 2.24) is 4.90 Å². The number of non-ortho nitro benzene ring substituents is 1. The Morgan fingerprint density at radius 1 is 1.35 bits per heavy atom. The van der Waals surface area contributed by atoms with Crippen LogP contribution in [0.4, 0.5) is 10.5 Å². The van der Waals surface area contributed by atoms with Crippen LogP contribution in [0.25, 0.3) is 0 Å². The van der Waals surface area contributed by atoms with E-state index in [-0.39, 0.29) is 25.3 Å². The SMILES string of the molecule is CS(=O)(=O)O[C@@H]1C[C@H](C(=O)O)N(C(=O)OCc2ccc([N+](=O)[O-])cc2)C1. The molecule has 0 aromatic heterocycles. The Labute approximate surface area is 148 Å². The molecule has 0 saturated carbocycles. The highest BCUT2D eigenvalue weighted by atomic mass is 32.2. The van der Waals surface area contributed by atoms with Crippen LogP contribution in [-0.4, -0.2) is 60.4 Å². The fraction of sp³-hybridized carbons (Fsp3) is 0.429. The van der Waals surface area contributed by atoms with Gasteiger partial charge >= 0.3 is 12.1 Å². The van der Waals surface area contributed by atoms with Crippen LogP contribution in [0, 0.1) is 10.1 Å². The maximum Gasteiger partial charge on any atom is 0.410 e. The van der Waals surface area contributed by atoms with Crippen LogP contribution in [0.15, 0.2) is 24.3 Å². The molecule has 0 spiro atoms. The zero-order chi connectivity index (χ0) is 19.5. The predicted octanol–water partition coefficient (Wildman–Crippen LogP) is 0.735. The first kappa shape index (κ1) is 19.6. The number of benzene rings is 1. The number of aliphatic carboxylic acids is 1. The van der Waals surface area contributed by atoms with Crippen molar-refractivity contribution in [3.63, 3.8) is 0 Å². The van der Waals surface area contributed by atoms with Gasteiger partial charge in [0.25, 0.3) is 15.8 Å². The van der Waals surface area contributed by atoms with Gasteiger partial charge in [-0.05, 0) is 17.7 Å². The summed E-state index contributed by atoms with van der Waals surface area (Å²) in [6.45, 7) is -0.472. The van der Waals surface area contributed by atoms with Crippen molar-refractivity contribution >= 4 is 27.9 Å². The molecule has 1 fully saturated rings. The van der Waals surface area contributed by atoms with E-state index < -0.39 is 39.2 Å². The Bertz CT molecular complexity index is 806. The van der Waals surface area contributed by atoms with Crippen molar-refractivity contribution in [3.8, 4) is 0 Å². The van der Waals surface area contributed by atoms with Gasteiger partial charge in [0.2, 0.25) is 0 Å². The van der Waals surface area contributed by atoms with E-state index in [2.05, 4.69) is 0 Å². The van der Waals surface area contributed by atoms with Crippen molar-refractivity contribution in [2.24, 2.45) is 0 Å². The smallest absolute Gasteiger partial charge is 0.410 e. The number of ether oxygens (including phenoxy) is 1. The molecule has 0 unspecified atom stereocenters. The van der Waals surface area contributed by atoms with Crippen molar-refractivity contribution in [2.45, 2.75) is 25.2 Å². The van der Waals surface area contributed by atoms with Gasteiger partial charge < -0.3 is 9.84 Å². The number of carboxylic acid groups (broad SMARTS) is 1. The van der Waals surface area contributed by atoms with Gasteiger partial charge in [0.05, 0.1) is 23.8 Å². The van der Waals surface area contributed by atoms with Crippen molar-refractivity contribution in [1.29, 1.82) is 0 Å². The highest BCUT2D eigenvalue weighted by Gasteiger charge is 2.42. The molecule has 1 aromatic rings. The molecule has 1 amide bonds. The molecular weight excluding hydrogens is 372 g/mol. The van der Waals surface area contributed by atoms with Gasteiger partial charge in [0, 0.05) is 18.6 Å². The number of hydrogen-bond donors (Lipinski definition) is 1. The van der Waals surface area contributed by atoms with Crippen molar-refractivity contribution in [3.05, 3.63) is 39.9 Å². The van der Waals surface area contributed by atoms with E-state index in [9.17, 15) is 33.2 Å². The molecule has 0 bridgehead atoms. The Balaban J connectivity index is 2.00. The van der Waals surface area contributed by atoms with Crippen LogP contribution in [0.1, 0.15) is 12.0 Å². The van der Waals surface area contributed by atoms with Gasteiger partial charge in [-0.1, -0.05) is 0 Å². The number of nitro groups is 1. The van der Waals surface area contributed by atoms with E-state index in [1.165, 1.54) is 24.3 Å². The van der Waals surface area contributed by atoms with Crippen LogP contribution in [-0.2, 0) is 30.4 Å². The standard InChI is InChI=1S/C14H16N2O9S/c1-26(22,23)25-11-6-12(13(17)18)15(7-11)14(19)24-8-9-2-4-10(5-3-9)16(20)21/h2-5,11-12H,6-8H2,1H3,(H,17,18)/t11-,12-/m1/s1. The second kappa shape index (κ2) is 7.66. The van der Waals surface area contributed by atoms with Crippen LogP contribution >= 0.6 is 0 Å². The number of hydrogen-bond acceptors (Lipinski definition) is 8. The van der Waals surface area contributed by atoms with Crippen LogP contribution < -0.4 is 0 Å². The zero-order valence-corrected chi connectivity index (χ0v) is 14.4. The average Bonchev–Trinajstić information content (AvgIpc) is 2.95. The van der Waals surface area contributed by atoms with E-state index in [0.717, 1.165) is 11.2 Å². The fourth-order valence-corrected chi connectivity index (χ4v) is 3.13. The summed E-state index contributed by atoms with van der Waals surface area (Å²) in [7, 11) is -3.80. The molecule has 11 nitrogen and oxygen atoms in total. The molecule has 0 radical (unpaired) electrons. The van der Waals surface area contributed by atoms with Gasteiger partial charge in [0.1, 0.15) is 12.6 Å². The second-order valence-electron chi connectivity index (χ2n) is 5.64. The minimum Gasteiger partial charge on any atom is -0.480 e. The van der Waals surface area contributed by atoms with Gasteiger partial charge in [-0.15, -0.1) is 0 Å². The van der Waals surface area contributed by atoms with Crippen molar-refractivity contribution in [2.75, 3.05) is 12.8 Å². The number of nitro benzene ring substituents is 1. The summed E-state index contributed by atoms with van der Waals surface area (Å²) in [6.07, 6.45) is -1.28. The molecular formula is C14H16N2O9S. The fourth-order valence-electron chi connectivity index (χ4n) is 2.49. The first-order valence-corrected chi connectivity index (χ1v) is 9.16. The first-order valence-electron chi connectivity index (χ1n) is 7.34. The molecule has 2 atom stereocenters. The lowest BCUT2D eigenvalue weighted by molar-refractivity contribution is -0.384. The lowest BCUT2D eigenvalue weighted by atomic mass is 10.2. The van der Waals surface area contributed by atoms with Crippen LogP contribution in [0.2, 0.25) is 0 Å². The quantitative estimate of drug-likeness (QED) is 0.422. The number of carboxylic acids is 1. The lowest BCUT2D eigenvalue weighted by Gasteiger charge is -2.20. The van der Waals surface area contributed by atoms with E-state index in [1.807, 2.05) is 0 Å². The number of rotatable bonds is 6. The summed E-state index contributed by atoms with van der Waals surface area (Å²) in [4.78, 5) is 34.3. The molecule has 1 N–H and O–H groups in total. The number of nitrogens with zero attached hydrogens (tertiary/aromatic N) is 2. The summed E-state index contributed by atoms with van der Waals surface area (Å²) in [5.41, 5.74) is 0.352. The molecule has 1 saturated heterocycles. The number of carbonyl (C=O) groups is 2. The molecule has 12 heteroatoms. The maximum absolute atomic E-state index is 12.1. The van der Waals surface area contributed by atoms with Crippen LogP contribution in [0.3, 0.4) is 0 Å². The average molecular weight is 388 g/mol. The Hall–Kier alpha value is -2.73. The summed E-state index contributed by atoms with van der Waals surface area (Å²) in [5, 5.41) is 19.8. The molecule has 1 aliphatic rings. The number of amides is 1. The third-order valence-corrected chi connectivity index (χ3v) is 4.22. The highest BCUT2D eigenvalue weighted by Crippen LogP contribution is 2.23. The molecule has 1 aliphatic heterocycles. The van der Waals surface area contributed by atoms with Crippen molar-refractivity contribution < 1.29 is 37.0 Å².